The van der Waals surface area contributed by atoms with Crippen LogP contribution in [0.1, 0.15) is 381 Å². The molecule has 0 aliphatic carbocycles. The van der Waals surface area contributed by atoms with Gasteiger partial charge in [0, 0.05) is 25.7 Å². The number of carbonyl (C=O) groups is 4. The van der Waals surface area contributed by atoms with Crippen LogP contribution in [0.25, 0.3) is 0 Å². The molecule has 2 unspecified atom stereocenters. The summed E-state index contributed by atoms with van der Waals surface area (Å²) in [6.45, 7) is 7.19. The van der Waals surface area contributed by atoms with E-state index >= 15 is 0 Å². The Hall–Kier alpha value is -1.94. The van der Waals surface area contributed by atoms with Gasteiger partial charge >= 0.3 is 39.5 Å². The second-order valence-corrected chi connectivity index (χ2v) is 29.7. The summed E-state index contributed by atoms with van der Waals surface area (Å²) >= 11 is 0. The van der Waals surface area contributed by atoms with Crippen LogP contribution in [0.2, 0.25) is 0 Å². The zero-order chi connectivity index (χ0) is 67.7. The number of esters is 4. The standard InChI is InChI=1S/C73H142O17P2/c1-6-9-12-15-18-21-24-26-27-28-29-30-31-32-33-35-38-43-48-53-58-72(77)89-68(62-84-71(76)57-52-47-42-37-34-25-22-19-16-13-10-7-2)64-87-91(79,80)85-60-67(74)61-86-92(81,82)88-65-69(90-73(78)59-54-49-44-39-40-45-50-55-66(4)5)63-83-70(75)56-51-46-41-36-23-20-17-14-11-8-3/h66-69,74H,6-65H2,1-5H3,(H,79,80)(H,81,82)/t67-,68-,69-/m1/s1. The second-order valence-electron chi connectivity index (χ2n) is 26.8. The van der Waals surface area contributed by atoms with E-state index in [0.717, 1.165) is 89.9 Å². The largest absolute Gasteiger partial charge is 0.472 e. The van der Waals surface area contributed by atoms with Gasteiger partial charge in [-0.05, 0) is 31.6 Å². The first-order valence-electron chi connectivity index (χ1n) is 38.1. The van der Waals surface area contributed by atoms with Crippen LogP contribution in [0.4, 0.5) is 0 Å². The van der Waals surface area contributed by atoms with Crippen molar-refractivity contribution in [1.29, 1.82) is 0 Å². The number of phosphoric acid groups is 2. The Morgan fingerprint density at radius 2 is 0.500 bits per heavy atom. The molecule has 0 rings (SSSR count). The molecule has 0 fully saturated rings. The molecule has 0 aromatic heterocycles. The van der Waals surface area contributed by atoms with Gasteiger partial charge in [-0.1, -0.05) is 330 Å². The molecule has 0 amide bonds. The summed E-state index contributed by atoms with van der Waals surface area (Å²) in [5.41, 5.74) is 0. The van der Waals surface area contributed by atoms with Crippen LogP contribution in [-0.4, -0.2) is 96.7 Å². The first-order valence-corrected chi connectivity index (χ1v) is 41.1. The van der Waals surface area contributed by atoms with Crippen LogP contribution in [-0.2, 0) is 65.4 Å². The smallest absolute Gasteiger partial charge is 0.462 e. The average Bonchev–Trinajstić information content (AvgIpc) is 2.22. The molecule has 0 heterocycles. The molecule has 0 bridgehead atoms. The molecule has 17 nitrogen and oxygen atoms in total. The summed E-state index contributed by atoms with van der Waals surface area (Å²) in [5, 5.41) is 10.6. The number of unbranched alkanes of at least 4 members (excludes halogenated alkanes) is 45. The maximum absolute atomic E-state index is 13.0. The minimum atomic E-state index is -4.95. The van der Waals surface area contributed by atoms with Gasteiger partial charge in [0.1, 0.15) is 19.3 Å². The van der Waals surface area contributed by atoms with E-state index in [1.807, 2.05) is 0 Å². The van der Waals surface area contributed by atoms with Crippen LogP contribution in [0, 0.1) is 5.92 Å². The summed E-state index contributed by atoms with van der Waals surface area (Å²) in [4.78, 5) is 72.6. The minimum absolute atomic E-state index is 0.104. The molecular weight excluding hydrogens is 1210 g/mol. The van der Waals surface area contributed by atoms with Gasteiger partial charge in [0.05, 0.1) is 26.4 Å². The third kappa shape index (κ3) is 66.7. The van der Waals surface area contributed by atoms with E-state index in [-0.39, 0.29) is 25.7 Å². The monoisotopic (exact) mass is 1350 g/mol. The lowest BCUT2D eigenvalue weighted by Gasteiger charge is -2.21. The number of rotatable bonds is 73. The summed E-state index contributed by atoms with van der Waals surface area (Å²) in [5.74, 6) is -1.42. The van der Waals surface area contributed by atoms with Crippen LogP contribution in [0.5, 0.6) is 0 Å². The summed E-state index contributed by atoms with van der Waals surface area (Å²) in [7, 11) is -9.90. The lowest BCUT2D eigenvalue weighted by Crippen LogP contribution is -2.30. The fourth-order valence-electron chi connectivity index (χ4n) is 11.2. The van der Waals surface area contributed by atoms with Crippen molar-refractivity contribution in [2.24, 2.45) is 5.92 Å². The SMILES string of the molecule is CCCCCCCCCCCCCCCCCCCCCCC(=O)O[C@H](COC(=O)CCCCCCCCCCCCCC)COP(=O)(O)OC[C@@H](O)COP(=O)(O)OC[C@@H](COC(=O)CCCCCCCCCCCC)OC(=O)CCCCCCCCCC(C)C. The Morgan fingerprint density at radius 1 is 0.293 bits per heavy atom. The van der Waals surface area contributed by atoms with Crippen molar-refractivity contribution >= 4 is 39.5 Å². The molecule has 0 aromatic rings. The van der Waals surface area contributed by atoms with Crippen molar-refractivity contribution in [2.45, 2.75) is 400 Å². The molecule has 0 aliphatic heterocycles. The maximum atomic E-state index is 13.0. The Balaban J connectivity index is 5.18. The van der Waals surface area contributed by atoms with Gasteiger partial charge in [0.25, 0.3) is 0 Å². The lowest BCUT2D eigenvalue weighted by atomic mass is 10.0. The number of aliphatic hydroxyl groups excluding tert-OH is 1. The van der Waals surface area contributed by atoms with Gasteiger partial charge in [-0.25, -0.2) is 9.13 Å². The Morgan fingerprint density at radius 3 is 0.739 bits per heavy atom. The molecule has 19 heteroatoms. The van der Waals surface area contributed by atoms with Crippen molar-refractivity contribution < 1.29 is 80.2 Å². The third-order valence-electron chi connectivity index (χ3n) is 17.0. The van der Waals surface area contributed by atoms with Crippen molar-refractivity contribution in [3.8, 4) is 0 Å². The van der Waals surface area contributed by atoms with E-state index in [2.05, 4.69) is 34.6 Å². The number of hydrogen-bond acceptors (Lipinski definition) is 15. The molecule has 5 atom stereocenters. The molecule has 0 radical (unpaired) electrons. The van der Waals surface area contributed by atoms with Crippen molar-refractivity contribution in [3.63, 3.8) is 0 Å². The predicted molar refractivity (Wildman–Crippen MR) is 372 cm³/mol. The van der Waals surface area contributed by atoms with E-state index in [9.17, 15) is 43.2 Å². The summed E-state index contributed by atoms with van der Waals surface area (Å²) in [6.07, 6.45) is 54.2. The van der Waals surface area contributed by atoms with Crippen molar-refractivity contribution in [1.82, 2.24) is 0 Å². The highest BCUT2D eigenvalue weighted by molar-refractivity contribution is 7.47. The number of phosphoric ester groups is 2. The molecule has 0 saturated carbocycles. The fourth-order valence-corrected chi connectivity index (χ4v) is 12.8. The molecular formula is C73H142O17P2. The molecule has 546 valence electrons. The van der Waals surface area contributed by atoms with E-state index in [1.165, 1.54) is 205 Å². The number of hydrogen-bond donors (Lipinski definition) is 3. The first-order chi connectivity index (χ1) is 44.5. The van der Waals surface area contributed by atoms with Crippen LogP contribution in [0.3, 0.4) is 0 Å². The minimum Gasteiger partial charge on any atom is -0.462 e. The Bertz CT molecular complexity index is 1770. The normalized spacial score (nSPS) is 14.0. The topological polar surface area (TPSA) is 237 Å². The second kappa shape index (κ2) is 66.3. The molecule has 0 aromatic carbocycles. The Labute approximate surface area is 562 Å². The van der Waals surface area contributed by atoms with Crippen molar-refractivity contribution in [3.05, 3.63) is 0 Å². The maximum Gasteiger partial charge on any atom is 0.472 e. The van der Waals surface area contributed by atoms with Crippen molar-refractivity contribution in [2.75, 3.05) is 39.6 Å². The first kappa shape index (κ1) is 90.1. The van der Waals surface area contributed by atoms with Crippen LogP contribution < -0.4 is 0 Å². The highest BCUT2D eigenvalue weighted by atomic mass is 31.2. The highest BCUT2D eigenvalue weighted by Crippen LogP contribution is 2.45. The third-order valence-corrected chi connectivity index (χ3v) is 18.9. The molecule has 3 N–H and O–H groups in total. The van der Waals surface area contributed by atoms with Gasteiger partial charge in [-0.15, -0.1) is 0 Å². The van der Waals surface area contributed by atoms with E-state index < -0.39 is 97.5 Å². The lowest BCUT2D eigenvalue weighted by molar-refractivity contribution is -0.161. The molecule has 0 aliphatic rings. The van der Waals surface area contributed by atoms with Crippen LogP contribution >= 0.6 is 15.6 Å². The molecule has 0 spiro atoms. The molecule has 92 heavy (non-hydrogen) atoms. The highest BCUT2D eigenvalue weighted by Gasteiger charge is 2.30. The van der Waals surface area contributed by atoms with Gasteiger partial charge in [-0.2, -0.15) is 0 Å². The van der Waals surface area contributed by atoms with E-state index in [0.29, 0.717) is 31.6 Å². The predicted octanol–water partition coefficient (Wildman–Crippen LogP) is 21.3. The number of ether oxygens (including phenoxy) is 4. The zero-order valence-corrected chi connectivity index (χ0v) is 61.5. The van der Waals surface area contributed by atoms with Gasteiger partial charge < -0.3 is 33.8 Å². The average molecular weight is 1350 g/mol. The fraction of sp³-hybridized carbons (Fsp3) is 0.945. The summed E-state index contributed by atoms with van der Waals surface area (Å²) in [6, 6.07) is 0. The summed E-state index contributed by atoms with van der Waals surface area (Å²) < 4.78 is 68.3. The van der Waals surface area contributed by atoms with Gasteiger partial charge in [-0.3, -0.25) is 37.3 Å². The van der Waals surface area contributed by atoms with Gasteiger partial charge in [0.15, 0.2) is 12.2 Å². The van der Waals surface area contributed by atoms with Crippen LogP contribution in [0.15, 0.2) is 0 Å². The number of aliphatic hydroxyl groups is 1. The zero-order valence-electron chi connectivity index (χ0n) is 59.7. The van der Waals surface area contributed by atoms with E-state index in [4.69, 9.17) is 37.0 Å². The Kier molecular flexibility index (Phi) is 64.9. The number of carbonyl (C=O) groups excluding carboxylic acids is 4. The van der Waals surface area contributed by atoms with Gasteiger partial charge in [0.2, 0.25) is 0 Å². The van der Waals surface area contributed by atoms with E-state index in [1.54, 1.807) is 0 Å². The molecule has 0 saturated heterocycles. The quantitative estimate of drug-likeness (QED) is 0.0222.